The molecule has 0 saturated heterocycles. The van der Waals surface area contributed by atoms with Crippen molar-refractivity contribution in [2.24, 2.45) is 5.92 Å². The van der Waals surface area contributed by atoms with E-state index >= 15 is 0 Å². The molecular weight excluding hydrogens is 260 g/mol. The highest BCUT2D eigenvalue weighted by Crippen LogP contribution is 2.29. The zero-order valence-electron chi connectivity index (χ0n) is 12.0. The van der Waals surface area contributed by atoms with Crippen LogP contribution in [0.25, 0.3) is 0 Å². The van der Waals surface area contributed by atoms with Crippen molar-refractivity contribution in [1.29, 1.82) is 0 Å². The Labute approximate surface area is 121 Å². The summed E-state index contributed by atoms with van der Waals surface area (Å²) in [7, 11) is 0. The highest BCUT2D eigenvalue weighted by molar-refractivity contribution is 6.31. The third-order valence-electron chi connectivity index (χ3n) is 4.21. The quantitative estimate of drug-likeness (QED) is 0.894. The maximum atomic E-state index is 10.3. The van der Waals surface area contributed by atoms with Gasteiger partial charge in [-0.15, -0.1) is 0 Å². The Morgan fingerprint density at radius 3 is 2.68 bits per heavy atom. The van der Waals surface area contributed by atoms with Gasteiger partial charge in [0, 0.05) is 13.0 Å². The van der Waals surface area contributed by atoms with Crippen LogP contribution in [0.3, 0.4) is 0 Å². The van der Waals surface area contributed by atoms with Crippen LogP contribution in [-0.4, -0.2) is 21.0 Å². The van der Waals surface area contributed by atoms with Crippen molar-refractivity contribution in [2.75, 3.05) is 0 Å². The Hall–Kier alpha value is -0.540. The predicted octanol–water partition coefficient (Wildman–Crippen LogP) is 3.74. The molecule has 1 aliphatic carbocycles. The maximum absolute atomic E-state index is 10.3. The average molecular weight is 285 g/mol. The summed E-state index contributed by atoms with van der Waals surface area (Å²) in [6.45, 7) is 4.78. The second-order valence-corrected chi connectivity index (χ2v) is 6.14. The fourth-order valence-corrected chi connectivity index (χ4v) is 3.39. The standard InChI is InChI=1S/C15H25ClN2O/c1-3-18-14(15(16)11(2)17-18)10-13(19)9-12-7-5-4-6-8-12/h12-13,19H,3-10H2,1-2H3. The molecular formula is C15H25ClN2O. The molecule has 0 spiro atoms. The molecule has 1 heterocycles. The van der Waals surface area contributed by atoms with Crippen molar-refractivity contribution in [3.05, 3.63) is 16.4 Å². The molecule has 0 amide bonds. The molecule has 0 bridgehead atoms. The van der Waals surface area contributed by atoms with Crippen LogP contribution in [-0.2, 0) is 13.0 Å². The third-order valence-corrected chi connectivity index (χ3v) is 4.70. The first-order valence-electron chi connectivity index (χ1n) is 7.51. The first-order chi connectivity index (χ1) is 9.11. The second kappa shape index (κ2) is 6.76. The van der Waals surface area contributed by atoms with Gasteiger partial charge in [0.2, 0.25) is 0 Å². The SMILES string of the molecule is CCn1nc(C)c(Cl)c1CC(O)CC1CCCCC1. The Balaban J connectivity index is 1.96. The fourth-order valence-electron chi connectivity index (χ4n) is 3.18. The van der Waals surface area contributed by atoms with E-state index in [4.69, 9.17) is 11.6 Å². The van der Waals surface area contributed by atoms with E-state index < -0.39 is 0 Å². The van der Waals surface area contributed by atoms with Gasteiger partial charge in [0.15, 0.2) is 0 Å². The summed E-state index contributed by atoms with van der Waals surface area (Å²) in [5.41, 5.74) is 1.85. The zero-order chi connectivity index (χ0) is 13.8. The predicted molar refractivity (Wildman–Crippen MR) is 78.6 cm³/mol. The first kappa shape index (κ1) is 14.9. The molecule has 1 aromatic heterocycles. The third kappa shape index (κ3) is 3.73. The largest absolute Gasteiger partial charge is 0.393 e. The lowest BCUT2D eigenvalue weighted by Gasteiger charge is -2.24. The second-order valence-electron chi connectivity index (χ2n) is 5.76. The molecule has 1 unspecified atom stereocenters. The van der Waals surface area contributed by atoms with E-state index in [0.29, 0.717) is 12.3 Å². The van der Waals surface area contributed by atoms with E-state index in [1.807, 2.05) is 11.6 Å². The van der Waals surface area contributed by atoms with Crippen molar-refractivity contribution in [3.8, 4) is 0 Å². The Bertz CT molecular complexity index is 411. The summed E-state index contributed by atoms with van der Waals surface area (Å²) in [6, 6.07) is 0. The number of nitrogens with zero attached hydrogens (tertiary/aromatic N) is 2. The van der Waals surface area contributed by atoms with Crippen molar-refractivity contribution in [3.63, 3.8) is 0 Å². The lowest BCUT2D eigenvalue weighted by atomic mass is 9.85. The molecule has 1 aliphatic rings. The number of aliphatic hydroxyl groups is 1. The van der Waals surface area contributed by atoms with E-state index in [2.05, 4.69) is 12.0 Å². The van der Waals surface area contributed by atoms with Gasteiger partial charge in [-0.05, 0) is 26.2 Å². The van der Waals surface area contributed by atoms with Gasteiger partial charge in [-0.25, -0.2) is 0 Å². The average Bonchev–Trinajstić information content (AvgIpc) is 2.67. The molecule has 4 heteroatoms. The van der Waals surface area contributed by atoms with E-state index in [1.54, 1.807) is 0 Å². The van der Waals surface area contributed by atoms with Gasteiger partial charge in [0.25, 0.3) is 0 Å². The van der Waals surface area contributed by atoms with Crippen LogP contribution in [0.1, 0.15) is 56.8 Å². The van der Waals surface area contributed by atoms with Crippen LogP contribution in [0.2, 0.25) is 5.02 Å². The molecule has 19 heavy (non-hydrogen) atoms. The van der Waals surface area contributed by atoms with E-state index in [1.165, 1.54) is 32.1 Å². The lowest BCUT2D eigenvalue weighted by Crippen LogP contribution is -2.20. The van der Waals surface area contributed by atoms with E-state index in [0.717, 1.165) is 29.4 Å². The number of hydrogen-bond acceptors (Lipinski definition) is 2. The highest BCUT2D eigenvalue weighted by Gasteiger charge is 2.21. The van der Waals surface area contributed by atoms with Crippen molar-refractivity contribution < 1.29 is 5.11 Å². The monoisotopic (exact) mass is 284 g/mol. The van der Waals surface area contributed by atoms with Crippen molar-refractivity contribution in [1.82, 2.24) is 9.78 Å². The molecule has 3 nitrogen and oxygen atoms in total. The number of hydrogen-bond donors (Lipinski definition) is 1. The summed E-state index contributed by atoms with van der Waals surface area (Å²) in [5, 5.41) is 15.4. The Morgan fingerprint density at radius 1 is 1.37 bits per heavy atom. The fraction of sp³-hybridized carbons (Fsp3) is 0.800. The molecule has 2 rings (SSSR count). The van der Waals surface area contributed by atoms with Crippen molar-refractivity contribution >= 4 is 11.6 Å². The van der Waals surface area contributed by atoms with Gasteiger partial charge in [0.1, 0.15) is 0 Å². The highest BCUT2D eigenvalue weighted by atomic mass is 35.5. The smallest absolute Gasteiger partial charge is 0.0848 e. The number of aromatic nitrogens is 2. The van der Waals surface area contributed by atoms with Crippen LogP contribution in [0.4, 0.5) is 0 Å². The summed E-state index contributed by atoms with van der Waals surface area (Å²) >= 11 is 6.29. The van der Waals surface area contributed by atoms with Crippen LogP contribution in [0, 0.1) is 12.8 Å². The van der Waals surface area contributed by atoms with E-state index in [9.17, 15) is 5.11 Å². The maximum Gasteiger partial charge on any atom is 0.0848 e. The molecule has 108 valence electrons. The van der Waals surface area contributed by atoms with Crippen molar-refractivity contribution in [2.45, 2.75) is 71.4 Å². The Morgan fingerprint density at radius 2 is 2.05 bits per heavy atom. The minimum atomic E-state index is -0.290. The number of aryl methyl sites for hydroxylation is 2. The molecule has 0 aromatic carbocycles. The number of halogens is 1. The summed E-state index contributed by atoms with van der Waals surface area (Å²) in [6.07, 6.45) is 7.80. The van der Waals surface area contributed by atoms with Gasteiger partial charge in [-0.2, -0.15) is 5.10 Å². The minimum Gasteiger partial charge on any atom is -0.393 e. The molecule has 1 atom stereocenters. The summed E-state index contributed by atoms with van der Waals surface area (Å²) in [5.74, 6) is 0.696. The Kier molecular flexibility index (Phi) is 5.28. The van der Waals surface area contributed by atoms with E-state index in [-0.39, 0.29) is 6.10 Å². The zero-order valence-corrected chi connectivity index (χ0v) is 12.8. The van der Waals surface area contributed by atoms with Crippen LogP contribution < -0.4 is 0 Å². The lowest BCUT2D eigenvalue weighted by molar-refractivity contribution is 0.128. The van der Waals surface area contributed by atoms with Gasteiger partial charge >= 0.3 is 0 Å². The van der Waals surface area contributed by atoms with Gasteiger partial charge in [0.05, 0.1) is 22.5 Å². The van der Waals surface area contributed by atoms with Crippen LogP contribution >= 0.6 is 11.6 Å². The molecule has 0 aliphatic heterocycles. The van der Waals surface area contributed by atoms with Gasteiger partial charge in [-0.3, -0.25) is 4.68 Å². The molecule has 1 fully saturated rings. The molecule has 1 N–H and O–H groups in total. The minimum absolute atomic E-state index is 0.290. The van der Waals surface area contributed by atoms with Crippen LogP contribution in [0.15, 0.2) is 0 Å². The number of aliphatic hydroxyl groups excluding tert-OH is 1. The molecule has 1 aromatic rings. The summed E-state index contributed by atoms with van der Waals surface area (Å²) in [4.78, 5) is 0. The first-order valence-corrected chi connectivity index (χ1v) is 7.89. The van der Waals surface area contributed by atoms with Gasteiger partial charge in [-0.1, -0.05) is 43.7 Å². The molecule has 0 radical (unpaired) electrons. The molecule has 1 saturated carbocycles. The summed E-state index contributed by atoms with van der Waals surface area (Å²) < 4.78 is 1.92. The topological polar surface area (TPSA) is 38.0 Å². The number of rotatable bonds is 5. The normalized spacial score (nSPS) is 18.7. The van der Waals surface area contributed by atoms with Crippen LogP contribution in [0.5, 0.6) is 0 Å². The van der Waals surface area contributed by atoms with Gasteiger partial charge < -0.3 is 5.11 Å².